The normalized spacial score (nSPS) is 11.0. The first-order valence-electron chi connectivity index (χ1n) is 7.60. The third-order valence-corrected chi connectivity index (χ3v) is 4.31. The predicted molar refractivity (Wildman–Crippen MR) is 90.3 cm³/mol. The maximum Gasteiger partial charge on any atom is 0.237 e. The molecule has 0 saturated carbocycles. The SMILES string of the molecule is CCCCc1noc(CSc2nc(-c3ccccc3)cn2N)n1. The highest BCUT2D eigenvalue weighted by molar-refractivity contribution is 7.98. The molecular weight excluding hydrogens is 310 g/mol. The zero-order valence-corrected chi connectivity index (χ0v) is 13.8. The minimum absolute atomic E-state index is 0.557. The monoisotopic (exact) mass is 329 g/mol. The molecule has 0 aliphatic carbocycles. The molecule has 0 unspecified atom stereocenters. The van der Waals surface area contributed by atoms with Gasteiger partial charge < -0.3 is 10.4 Å². The highest BCUT2D eigenvalue weighted by Gasteiger charge is 2.11. The van der Waals surface area contributed by atoms with E-state index in [1.807, 2.05) is 36.5 Å². The number of unbranched alkanes of at least 4 members (excludes halogenated alkanes) is 1. The fraction of sp³-hybridized carbons (Fsp3) is 0.312. The summed E-state index contributed by atoms with van der Waals surface area (Å²) in [5.74, 6) is 7.91. The number of aromatic nitrogens is 4. The fourth-order valence-corrected chi connectivity index (χ4v) is 2.88. The van der Waals surface area contributed by atoms with E-state index in [4.69, 9.17) is 10.4 Å². The molecule has 0 spiro atoms. The Morgan fingerprint density at radius 2 is 2.04 bits per heavy atom. The highest BCUT2D eigenvalue weighted by Crippen LogP contribution is 2.24. The molecule has 0 atom stereocenters. The van der Waals surface area contributed by atoms with Crippen molar-refractivity contribution in [1.29, 1.82) is 0 Å². The van der Waals surface area contributed by atoms with E-state index in [2.05, 4.69) is 22.0 Å². The zero-order valence-electron chi connectivity index (χ0n) is 13.0. The van der Waals surface area contributed by atoms with Gasteiger partial charge in [0.05, 0.1) is 17.6 Å². The van der Waals surface area contributed by atoms with Crippen LogP contribution in [0.5, 0.6) is 0 Å². The summed E-state index contributed by atoms with van der Waals surface area (Å²) < 4.78 is 6.78. The summed E-state index contributed by atoms with van der Waals surface area (Å²) in [6.45, 7) is 2.14. The number of hydrogen-bond donors (Lipinski definition) is 1. The quantitative estimate of drug-likeness (QED) is 0.529. The van der Waals surface area contributed by atoms with E-state index in [0.717, 1.165) is 41.5 Å². The van der Waals surface area contributed by atoms with Gasteiger partial charge >= 0.3 is 0 Å². The Kier molecular flexibility index (Phi) is 4.97. The molecule has 2 N–H and O–H groups in total. The molecule has 6 nitrogen and oxygen atoms in total. The average molecular weight is 329 g/mol. The van der Waals surface area contributed by atoms with Crippen molar-refractivity contribution in [3.8, 4) is 11.3 Å². The van der Waals surface area contributed by atoms with Crippen LogP contribution in [0.25, 0.3) is 11.3 Å². The first kappa shape index (κ1) is 15.6. The van der Waals surface area contributed by atoms with Gasteiger partial charge in [-0.15, -0.1) is 0 Å². The molecule has 0 aliphatic rings. The lowest BCUT2D eigenvalue weighted by molar-refractivity contribution is 0.384. The molecule has 120 valence electrons. The van der Waals surface area contributed by atoms with E-state index >= 15 is 0 Å². The van der Waals surface area contributed by atoms with Gasteiger partial charge in [-0.1, -0.05) is 60.6 Å². The number of nitrogens with two attached hydrogens (primary N) is 1. The van der Waals surface area contributed by atoms with Crippen LogP contribution in [-0.4, -0.2) is 19.8 Å². The Bertz CT molecular complexity index is 753. The molecule has 0 saturated heterocycles. The van der Waals surface area contributed by atoms with Crippen molar-refractivity contribution >= 4 is 11.8 Å². The Morgan fingerprint density at radius 3 is 2.83 bits per heavy atom. The van der Waals surface area contributed by atoms with Crippen LogP contribution in [0.15, 0.2) is 46.2 Å². The lowest BCUT2D eigenvalue weighted by atomic mass is 10.2. The number of aryl methyl sites for hydroxylation is 1. The Morgan fingerprint density at radius 1 is 1.22 bits per heavy atom. The van der Waals surface area contributed by atoms with Crippen molar-refractivity contribution < 1.29 is 4.52 Å². The third kappa shape index (κ3) is 3.92. The van der Waals surface area contributed by atoms with E-state index in [0.29, 0.717) is 11.6 Å². The molecule has 2 heterocycles. The van der Waals surface area contributed by atoms with E-state index in [1.165, 1.54) is 16.4 Å². The average Bonchev–Trinajstić information content (AvgIpc) is 3.18. The van der Waals surface area contributed by atoms with E-state index in [9.17, 15) is 0 Å². The molecule has 0 fully saturated rings. The number of thioether (sulfide) groups is 1. The summed E-state index contributed by atoms with van der Waals surface area (Å²) in [6.07, 6.45) is 4.86. The standard InChI is InChI=1S/C16H19N5OS/c1-2-3-9-14-19-15(22-20-14)11-23-16-18-13(10-21(16)17)12-7-5-4-6-8-12/h4-8,10H,2-3,9,11,17H2,1H3. The number of nitrogen functional groups attached to an aromatic ring is 1. The second-order valence-corrected chi connectivity index (χ2v) is 6.12. The van der Waals surface area contributed by atoms with Gasteiger partial charge in [0.2, 0.25) is 5.89 Å². The first-order chi connectivity index (χ1) is 11.3. The lowest BCUT2D eigenvalue weighted by Crippen LogP contribution is -2.07. The first-order valence-corrected chi connectivity index (χ1v) is 8.59. The van der Waals surface area contributed by atoms with Crippen LogP contribution in [0, 0.1) is 0 Å². The minimum atomic E-state index is 0.557. The number of imidazole rings is 1. The molecular formula is C16H19N5OS. The van der Waals surface area contributed by atoms with Gasteiger partial charge in [-0.2, -0.15) is 4.98 Å². The molecule has 3 rings (SSSR count). The number of hydrogen-bond acceptors (Lipinski definition) is 6. The summed E-state index contributed by atoms with van der Waals surface area (Å²) in [5.41, 5.74) is 1.89. The fourth-order valence-electron chi connectivity index (χ4n) is 2.14. The summed E-state index contributed by atoms with van der Waals surface area (Å²) in [7, 11) is 0. The smallest absolute Gasteiger partial charge is 0.237 e. The second-order valence-electron chi connectivity index (χ2n) is 5.18. The number of nitrogens with zero attached hydrogens (tertiary/aromatic N) is 4. The van der Waals surface area contributed by atoms with Crippen LogP contribution in [0.3, 0.4) is 0 Å². The van der Waals surface area contributed by atoms with Gasteiger partial charge in [0, 0.05) is 12.0 Å². The van der Waals surface area contributed by atoms with Gasteiger partial charge in [-0.25, -0.2) is 9.66 Å². The highest BCUT2D eigenvalue weighted by atomic mass is 32.2. The van der Waals surface area contributed by atoms with E-state index < -0.39 is 0 Å². The van der Waals surface area contributed by atoms with Crippen LogP contribution in [0.1, 0.15) is 31.5 Å². The van der Waals surface area contributed by atoms with Gasteiger partial charge in [-0.3, -0.25) is 0 Å². The topological polar surface area (TPSA) is 82.8 Å². The molecule has 0 aliphatic heterocycles. The molecule has 1 aromatic carbocycles. The van der Waals surface area contributed by atoms with Crippen LogP contribution < -0.4 is 5.84 Å². The van der Waals surface area contributed by atoms with Crippen molar-refractivity contribution in [2.24, 2.45) is 0 Å². The minimum Gasteiger partial charge on any atom is -0.338 e. The third-order valence-electron chi connectivity index (χ3n) is 3.36. The second kappa shape index (κ2) is 7.32. The van der Waals surface area contributed by atoms with Gasteiger partial charge in [-0.05, 0) is 6.42 Å². The largest absolute Gasteiger partial charge is 0.338 e. The molecule has 0 bridgehead atoms. The summed E-state index contributed by atoms with van der Waals surface area (Å²) in [5, 5.41) is 4.70. The van der Waals surface area contributed by atoms with Crippen LogP contribution in [0.2, 0.25) is 0 Å². The Labute approximate surface area is 139 Å². The van der Waals surface area contributed by atoms with Crippen molar-refractivity contribution in [2.45, 2.75) is 37.1 Å². The predicted octanol–water partition coefficient (Wildman–Crippen LogP) is 3.28. The number of rotatable bonds is 7. The molecule has 0 radical (unpaired) electrons. The summed E-state index contributed by atoms with van der Waals surface area (Å²) in [6, 6.07) is 9.95. The maximum absolute atomic E-state index is 5.98. The van der Waals surface area contributed by atoms with Gasteiger partial charge in [0.15, 0.2) is 11.0 Å². The zero-order chi connectivity index (χ0) is 16.1. The van der Waals surface area contributed by atoms with Crippen molar-refractivity contribution in [1.82, 2.24) is 19.8 Å². The molecule has 2 aromatic heterocycles. The van der Waals surface area contributed by atoms with Crippen LogP contribution >= 0.6 is 11.8 Å². The Hall–Kier alpha value is -2.28. The molecule has 0 amide bonds. The van der Waals surface area contributed by atoms with Gasteiger partial charge in [0.1, 0.15) is 0 Å². The lowest BCUT2D eigenvalue weighted by Gasteiger charge is -1.97. The van der Waals surface area contributed by atoms with E-state index in [-0.39, 0.29) is 0 Å². The molecule has 3 aromatic rings. The Balaban J connectivity index is 1.64. The van der Waals surface area contributed by atoms with Crippen molar-refractivity contribution in [3.05, 3.63) is 48.2 Å². The molecule has 7 heteroatoms. The van der Waals surface area contributed by atoms with Gasteiger partial charge in [0.25, 0.3) is 0 Å². The molecule has 23 heavy (non-hydrogen) atoms. The number of benzene rings is 1. The maximum atomic E-state index is 5.98. The summed E-state index contributed by atoms with van der Waals surface area (Å²) >= 11 is 1.48. The van der Waals surface area contributed by atoms with E-state index in [1.54, 1.807) is 0 Å². The van der Waals surface area contributed by atoms with Crippen molar-refractivity contribution in [2.75, 3.05) is 5.84 Å². The van der Waals surface area contributed by atoms with Crippen molar-refractivity contribution in [3.63, 3.8) is 0 Å². The van der Waals surface area contributed by atoms with Crippen LogP contribution in [-0.2, 0) is 12.2 Å². The summed E-state index contributed by atoms with van der Waals surface area (Å²) in [4.78, 5) is 8.94. The van der Waals surface area contributed by atoms with Crippen LogP contribution in [0.4, 0.5) is 0 Å².